The van der Waals surface area contributed by atoms with Crippen molar-refractivity contribution in [2.45, 2.75) is 58.6 Å². The largest absolute Gasteiger partial charge is 0.479 e. The number of nitrogens with zero attached hydrogens (tertiary/aromatic N) is 1. The van der Waals surface area contributed by atoms with E-state index in [-0.39, 0.29) is 17.8 Å². The van der Waals surface area contributed by atoms with Gasteiger partial charge in [-0.3, -0.25) is 9.59 Å². The SMILES string of the molecule is C[C@H](OC(=O)C[C@@H]1O[C@@H](c2cccc3ccccc23)c2cc(C(F)(F)F)ccc2N(CC(C)(C)C)C1=O)C(=O)O. The first-order chi connectivity index (χ1) is 18.7. The Morgan fingerprint density at radius 3 is 2.35 bits per heavy atom. The highest BCUT2D eigenvalue weighted by Gasteiger charge is 2.41. The molecule has 0 aromatic heterocycles. The molecule has 3 aromatic carbocycles. The maximum atomic E-state index is 13.9. The van der Waals surface area contributed by atoms with Crippen molar-refractivity contribution in [3.8, 4) is 0 Å². The van der Waals surface area contributed by atoms with E-state index in [0.717, 1.165) is 17.5 Å². The van der Waals surface area contributed by atoms with Crippen molar-refractivity contribution in [2.24, 2.45) is 5.41 Å². The molecule has 212 valence electrons. The van der Waals surface area contributed by atoms with Gasteiger partial charge in [-0.15, -0.1) is 0 Å². The fourth-order valence-corrected chi connectivity index (χ4v) is 4.71. The summed E-state index contributed by atoms with van der Waals surface area (Å²) in [6.45, 7) is 6.91. The molecule has 3 aromatic rings. The fraction of sp³-hybridized carbons (Fsp3) is 0.367. The maximum absolute atomic E-state index is 13.9. The van der Waals surface area contributed by atoms with Crippen LogP contribution in [-0.4, -0.2) is 41.7 Å². The minimum Gasteiger partial charge on any atom is -0.479 e. The number of amides is 1. The number of carbonyl (C=O) groups is 3. The highest BCUT2D eigenvalue weighted by atomic mass is 19.4. The van der Waals surface area contributed by atoms with Gasteiger partial charge in [-0.05, 0) is 46.9 Å². The van der Waals surface area contributed by atoms with E-state index < -0.39 is 59.7 Å². The summed E-state index contributed by atoms with van der Waals surface area (Å²) in [6, 6.07) is 15.7. The van der Waals surface area contributed by atoms with Crippen molar-refractivity contribution < 1.29 is 42.1 Å². The first-order valence-electron chi connectivity index (χ1n) is 12.7. The normalized spacial score (nSPS) is 18.7. The van der Waals surface area contributed by atoms with Crippen LogP contribution >= 0.6 is 0 Å². The van der Waals surface area contributed by atoms with Gasteiger partial charge in [0, 0.05) is 17.8 Å². The third-order valence-electron chi connectivity index (χ3n) is 6.52. The highest BCUT2D eigenvalue weighted by molar-refractivity contribution is 6.00. The van der Waals surface area contributed by atoms with Gasteiger partial charge in [0.2, 0.25) is 0 Å². The van der Waals surface area contributed by atoms with E-state index in [2.05, 4.69) is 0 Å². The Bertz CT molecular complexity index is 1440. The molecule has 1 N–H and O–H groups in total. The third-order valence-corrected chi connectivity index (χ3v) is 6.52. The van der Waals surface area contributed by atoms with E-state index in [0.29, 0.717) is 10.9 Å². The molecule has 1 aliphatic heterocycles. The lowest BCUT2D eigenvalue weighted by molar-refractivity contribution is -0.165. The Kier molecular flexibility index (Phi) is 7.94. The fourth-order valence-electron chi connectivity index (χ4n) is 4.71. The van der Waals surface area contributed by atoms with Crippen LogP contribution in [0.15, 0.2) is 60.7 Å². The number of aliphatic carboxylic acids is 1. The van der Waals surface area contributed by atoms with Crippen LogP contribution in [0.5, 0.6) is 0 Å². The van der Waals surface area contributed by atoms with Crippen LogP contribution < -0.4 is 4.90 Å². The number of alkyl halides is 3. The second-order valence-electron chi connectivity index (χ2n) is 11.0. The highest BCUT2D eigenvalue weighted by Crippen LogP contribution is 2.44. The summed E-state index contributed by atoms with van der Waals surface area (Å²) in [6.07, 6.45) is -9.36. The molecule has 40 heavy (non-hydrogen) atoms. The van der Waals surface area contributed by atoms with Crippen LogP contribution in [0, 0.1) is 5.41 Å². The molecule has 0 spiro atoms. The number of ether oxygens (including phenoxy) is 2. The first-order valence-corrected chi connectivity index (χ1v) is 12.7. The zero-order valence-corrected chi connectivity index (χ0v) is 22.5. The number of carboxylic acid groups (broad SMARTS) is 1. The molecule has 0 radical (unpaired) electrons. The summed E-state index contributed by atoms with van der Waals surface area (Å²) in [5.74, 6) is -2.99. The zero-order valence-electron chi connectivity index (χ0n) is 22.5. The lowest BCUT2D eigenvalue weighted by Gasteiger charge is -2.31. The van der Waals surface area contributed by atoms with E-state index in [1.54, 1.807) is 24.3 Å². The minimum absolute atomic E-state index is 0.118. The van der Waals surface area contributed by atoms with Gasteiger partial charge in [-0.1, -0.05) is 63.2 Å². The van der Waals surface area contributed by atoms with E-state index in [1.807, 2.05) is 39.0 Å². The predicted molar refractivity (Wildman–Crippen MR) is 142 cm³/mol. The Balaban J connectivity index is 1.92. The molecular weight excluding hydrogens is 527 g/mol. The molecule has 7 nitrogen and oxygen atoms in total. The average molecular weight is 558 g/mol. The monoisotopic (exact) mass is 557 g/mol. The first kappa shape index (κ1) is 29.1. The Morgan fingerprint density at radius 1 is 1.02 bits per heavy atom. The van der Waals surface area contributed by atoms with Crippen molar-refractivity contribution >= 4 is 34.3 Å². The maximum Gasteiger partial charge on any atom is 0.416 e. The average Bonchev–Trinajstić information content (AvgIpc) is 2.97. The summed E-state index contributed by atoms with van der Waals surface area (Å²) in [4.78, 5) is 39.2. The van der Waals surface area contributed by atoms with Gasteiger partial charge in [0.1, 0.15) is 12.2 Å². The number of benzene rings is 3. The Labute approximate surface area is 229 Å². The third kappa shape index (κ3) is 6.28. The Hall–Kier alpha value is -3.92. The van der Waals surface area contributed by atoms with E-state index in [1.165, 1.54) is 17.9 Å². The lowest BCUT2D eigenvalue weighted by Crippen LogP contribution is -2.44. The van der Waals surface area contributed by atoms with Crippen LogP contribution in [-0.2, 0) is 30.0 Å². The summed E-state index contributed by atoms with van der Waals surface area (Å²) in [5.41, 5.74) is -0.505. The van der Waals surface area contributed by atoms with Crippen molar-refractivity contribution in [3.05, 3.63) is 77.4 Å². The molecule has 1 heterocycles. The van der Waals surface area contributed by atoms with Crippen molar-refractivity contribution in [1.29, 1.82) is 0 Å². The summed E-state index contributed by atoms with van der Waals surface area (Å²) >= 11 is 0. The molecule has 0 saturated carbocycles. The van der Waals surface area contributed by atoms with Crippen molar-refractivity contribution in [3.63, 3.8) is 0 Å². The van der Waals surface area contributed by atoms with Crippen LogP contribution in [0.3, 0.4) is 0 Å². The number of halogens is 3. The number of hydrogen-bond acceptors (Lipinski definition) is 5. The van der Waals surface area contributed by atoms with E-state index in [9.17, 15) is 27.6 Å². The Morgan fingerprint density at radius 2 is 1.70 bits per heavy atom. The predicted octanol–water partition coefficient (Wildman–Crippen LogP) is 6.13. The van der Waals surface area contributed by atoms with Crippen LogP contribution in [0.4, 0.5) is 18.9 Å². The standard InChI is InChI=1S/C30H30F3NO6/c1-17(28(37)38)39-25(35)15-24-27(36)34(16-29(2,3)4)23-13-12-19(30(31,32)33)14-22(23)26(40-24)21-11-7-9-18-8-5-6-10-20(18)21/h5-14,17,24,26H,15-16H2,1-4H3,(H,37,38)/t17-,24-,26-/m0/s1. The van der Waals surface area contributed by atoms with Crippen molar-refractivity contribution in [2.75, 3.05) is 11.4 Å². The smallest absolute Gasteiger partial charge is 0.416 e. The van der Waals surface area contributed by atoms with E-state index in [4.69, 9.17) is 14.6 Å². The summed E-state index contributed by atoms with van der Waals surface area (Å²) in [5, 5.41) is 10.6. The van der Waals surface area contributed by atoms with Gasteiger partial charge in [0.25, 0.3) is 5.91 Å². The molecule has 0 aliphatic carbocycles. The number of fused-ring (bicyclic) bond motifs is 2. The number of rotatable bonds is 6. The summed E-state index contributed by atoms with van der Waals surface area (Å²) in [7, 11) is 0. The van der Waals surface area contributed by atoms with E-state index >= 15 is 0 Å². The number of anilines is 1. The van der Waals surface area contributed by atoms with Crippen molar-refractivity contribution in [1.82, 2.24) is 0 Å². The van der Waals surface area contributed by atoms with Gasteiger partial charge in [0.15, 0.2) is 6.10 Å². The van der Waals surface area contributed by atoms with Gasteiger partial charge < -0.3 is 19.5 Å². The van der Waals surface area contributed by atoms with Crippen LogP contribution in [0.2, 0.25) is 0 Å². The quantitative estimate of drug-likeness (QED) is 0.367. The molecular formula is C30H30F3NO6. The molecule has 0 bridgehead atoms. The molecule has 0 saturated heterocycles. The topological polar surface area (TPSA) is 93.1 Å². The number of carbonyl (C=O) groups excluding carboxylic acids is 2. The molecule has 1 amide bonds. The molecule has 0 unspecified atom stereocenters. The van der Waals surface area contributed by atoms with Gasteiger partial charge >= 0.3 is 18.1 Å². The number of hydrogen-bond donors (Lipinski definition) is 1. The van der Waals surface area contributed by atoms with Crippen LogP contribution in [0.1, 0.15) is 56.9 Å². The second-order valence-corrected chi connectivity index (χ2v) is 11.0. The summed E-state index contributed by atoms with van der Waals surface area (Å²) < 4.78 is 52.9. The second kappa shape index (κ2) is 10.9. The lowest BCUT2D eigenvalue weighted by atomic mass is 9.92. The van der Waals surface area contributed by atoms with Crippen LogP contribution in [0.25, 0.3) is 10.8 Å². The molecule has 0 fully saturated rings. The number of carboxylic acids is 1. The molecule has 10 heteroatoms. The van der Waals surface area contributed by atoms with Gasteiger partial charge in [-0.2, -0.15) is 13.2 Å². The molecule has 3 atom stereocenters. The number of esters is 1. The molecule has 4 rings (SSSR count). The van der Waals surface area contributed by atoms with Gasteiger partial charge in [0.05, 0.1) is 12.0 Å². The minimum atomic E-state index is -4.65. The van der Waals surface area contributed by atoms with Gasteiger partial charge in [-0.25, -0.2) is 4.79 Å². The zero-order chi connectivity index (χ0) is 29.4. The molecule has 1 aliphatic rings.